The van der Waals surface area contributed by atoms with Gasteiger partial charge in [0.05, 0.1) is 12.1 Å². The van der Waals surface area contributed by atoms with Gasteiger partial charge in [0.25, 0.3) is 11.8 Å². The molecule has 3 N–H and O–H groups in total. The van der Waals surface area contributed by atoms with Crippen LogP contribution in [0.2, 0.25) is 0 Å². The normalized spacial score (nSPS) is 13.8. The highest BCUT2D eigenvalue weighted by atomic mass is 16.3. The number of aromatic hydroxyl groups is 1. The molecular weight excluding hydrogens is 346 g/mol. The third-order valence-electron chi connectivity index (χ3n) is 4.38. The molecule has 0 saturated carbocycles. The van der Waals surface area contributed by atoms with E-state index >= 15 is 0 Å². The fourth-order valence-electron chi connectivity index (χ4n) is 2.87. The minimum Gasteiger partial charge on any atom is -0.507 e. The molecule has 1 heterocycles. The Labute approximate surface area is 157 Å². The number of hydrogen-bond donors (Lipinski definition) is 3. The van der Waals surface area contributed by atoms with E-state index < -0.39 is 0 Å². The van der Waals surface area contributed by atoms with Crippen molar-refractivity contribution in [2.45, 2.75) is 13.5 Å². The highest BCUT2D eigenvalue weighted by Crippen LogP contribution is 2.18. The van der Waals surface area contributed by atoms with Gasteiger partial charge in [0.15, 0.2) is 0 Å². The molecular formula is C20H21N3O4. The molecule has 7 heteroatoms. The van der Waals surface area contributed by atoms with E-state index in [0.29, 0.717) is 18.7 Å². The zero-order chi connectivity index (χ0) is 19.4. The van der Waals surface area contributed by atoms with Crippen LogP contribution in [0.25, 0.3) is 0 Å². The molecule has 0 aromatic heterocycles. The van der Waals surface area contributed by atoms with Gasteiger partial charge < -0.3 is 20.6 Å². The van der Waals surface area contributed by atoms with Crippen LogP contribution in [0, 0.1) is 6.92 Å². The number of carbonyl (C=O) groups excluding carboxylic acids is 3. The van der Waals surface area contributed by atoms with E-state index in [1.807, 2.05) is 6.92 Å². The summed E-state index contributed by atoms with van der Waals surface area (Å²) < 4.78 is 0. The van der Waals surface area contributed by atoms with Crippen molar-refractivity contribution in [2.75, 3.05) is 19.6 Å². The smallest absolute Gasteiger partial charge is 0.255 e. The molecule has 1 fully saturated rings. The van der Waals surface area contributed by atoms with Gasteiger partial charge >= 0.3 is 0 Å². The zero-order valence-corrected chi connectivity index (χ0v) is 15.0. The first-order valence-electron chi connectivity index (χ1n) is 8.67. The largest absolute Gasteiger partial charge is 0.507 e. The van der Waals surface area contributed by atoms with E-state index in [9.17, 15) is 19.5 Å². The number of piperazine rings is 1. The fourth-order valence-corrected chi connectivity index (χ4v) is 2.87. The molecule has 7 nitrogen and oxygen atoms in total. The second-order valence-electron chi connectivity index (χ2n) is 6.48. The summed E-state index contributed by atoms with van der Waals surface area (Å²) in [6.07, 6.45) is 0. The Hall–Kier alpha value is -3.35. The van der Waals surface area contributed by atoms with Crippen LogP contribution < -0.4 is 10.6 Å². The van der Waals surface area contributed by atoms with Crippen LogP contribution in [0.5, 0.6) is 5.75 Å². The summed E-state index contributed by atoms with van der Waals surface area (Å²) in [5, 5.41) is 15.2. The number of benzene rings is 2. The third kappa shape index (κ3) is 4.44. The molecule has 3 amide bonds. The van der Waals surface area contributed by atoms with Gasteiger partial charge in [-0.05, 0) is 36.8 Å². The summed E-state index contributed by atoms with van der Waals surface area (Å²) in [6, 6.07) is 11.7. The maximum Gasteiger partial charge on any atom is 0.255 e. The average Bonchev–Trinajstić information content (AvgIpc) is 2.68. The number of nitrogens with one attached hydrogen (secondary N) is 2. The molecule has 0 bridgehead atoms. The Bertz CT molecular complexity index is 877. The highest BCUT2D eigenvalue weighted by molar-refractivity contribution is 5.97. The van der Waals surface area contributed by atoms with Crippen LogP contribution in [0.3, 0.4) is 0 Å². The van der Waals surface area contributed by atoms with E-state index in [1.165, 1.54) is 11.0 Å². The molecule has 0 unspecified atom stereocenters. The van der Waals surface area contributed by atoms with Gasteiger partial charge in [-0.1, -0.05) is 23.8 Å². The Kier molecular flexibility index (Phi) is 5.40. The van der Waals surface area contributed by atoms with Gasteiger partial charge in [0.1, 0.15) is 5.75 Å². The lowest BCUT2D eigenvalue weighted by atomic mass is 10.1. The predicted molar refractivity (Wildman–Crippen MR) is 99.4 cm³/mol. The van der Waals surface area contributed by atoms with E-state index in [0.717, 1.165) is 11.1 Å². The summed E-state index contributed by atoms with van der Waals surface area (Å²) in [5.74, 6) is -0.779. The van der Waals surface area contributed by atoms with Crippen molar-refractivity contribution in [2.24, 2.45) is 0 Å². The van der Waals surface area contributed by atoms with Gasteiger partial charge in [-0.25, -0.2) is 0 Å². The lowest BCUT2D eigenvalue weighted by molar-refractivity contribution is -0.123. The summed E-state index contributed by atoms with van der Waals surface area (Å²) >= 11 is 0. The number of amides is 3. The molecule has 3 rings (SSSR count). The molecule has 1 aliphatic rings. The molecule has 140 valence electrons. The maximum atomic E-state index is 12.4. The van der Waals surface area contributed by atoms with Crippen LogP contribution in [0.15, 0.2) is 42.5 Å². The van der Waals surface area contributed by atoms with E-state index in [2.05, 4.69) is 10.6 Å². The first kappa shape index (κ1) is 18.4. The number of aryl methyl sites for hydroxylation is 1. The van der Waals surface area contributed by atoms with Crippen molar-refractivity contribution in [1.29, 1.82) is 0 Å². The molecule has 0 atom stereocenters. The molecule has 2 aromatic rings. The Balaban J connectivity index is 1.60. The number of carbonyl (C=O) groups is 3. The minimum atomic E-state index is -0.365. The van der Waals surface area contributed by atoms with Crippen molar-refractivity contribution in [1.82, 2.24) is 15.5 Å². The Morgan fingerprint density at radius 2 is 1.93 bits per heavy atom. The number of rotatable bonds is 4. The second-order valence-corrected chi connectivity index (χ2v) is 6.48. The van der Waals surface area contributed by atoms with Gasteiger partial charge in [-0.15, -0.1) is 0 Å². The first-order valence-corrected chi connectivity index (χ1v) is 8.67. The molecule has 1 saturated heterocycles. The van der Waals surface area contributed by atoms with E-state index in [1.54, 1.807) is 36.4 Å². The van der Waals surface area contributed by atoms with Crippen molar-refractivity contribution < 1.29 is 19.5 Å². The Morgan fingerprint density at radius 3 is 2.63 bits per heavy atom. The van der Waals surface area contributed by atoms with Gasteiger partial charge in [0, 0.05) is 25.2 Å². The third-order valence-corrected chi connectivity index (χ3v) is 4.38. The maximum absolute atomic E-state index is 12.4. The summed E-state index contributed by atoms with van der Waals surface area (Å²) in [5.41, 5.74) is 2.43. The van der Waals surface area contributed by atoms with E-state index in [4.69, 9.17) is 0 Å². The molecule has 0 spiro atoms. The van der Waals surface area contributed by atoms with Gasteiger partial charge in [-0.3, -0.25) is 14.4 Å². The summed E-state index contributed by atoms with van der Waals surface area (Å²) in [7, 11) is 0. The summed E-state index contributed by atoms with van der Waals surface area (Å²) in [6.45, 7) is 3.13. The standard InChI is InChI=1S/C20H21N3O4/c1-13-2-7-17(24)16(10-13)19(26)22-11-14-3-5-15(6-4-14)20(27)23-9-8-21-18(25)12-23/h2-7,10,24H,8-9,11-12H2,1H3,(H,21,25)(H,22,26). The van der Waals surface area contributed by atoms with Gasteiger partial charge in [-0.2, -0.15) is 0 Å². The zero-order valence-electron chi connectivity index (χ0n) is 15.0. The average molecular weight is 367 g/mol. The second kappa shape index (κ2) is 7.90. The Morgan fingerprint density at radius 1 is 1.19 bits per heavy atom. The molecule has 1 aliphatic heterocycles. The minimum absolute atomic E-state index is 0.0652. The highest BCUT2D eigenvalue weighted by Gasteiger charge is 2.22. The van der Waals surface area contributed by atoms with Gasteiger partial charge in [0.2, 0.25) is 5.91 Å². The number of phenols is 1. The fraction of sp³-hybridized carbons (Fsp3) is 0.250. The quantitative estimate of drug-likeness (QED) is 0.756. The molecule has 2 aromatic carbocycles. The lowest BCUT2D eigenvalue weighted by Crippen LogP contribution is -2.49. The van der Waals surface area contributed by atoms with Crippen molar-refractivity contribution in [3.05, 3.63) is 64.7 Å². The van der Waals surface area contributed by atoms with Crippen molar-refractivity contribution in [3.63, 3.8) is 0 Å². The number of phenolic OH excluding ortho intramolecular Hbond substituents is 1. The molecule has 0 radical (unpaired) electrons. The van der Waals surface area contributed by atoms with Crippen LogP contribution >= 0.6 is 0 Å². The summed E-state index contributed by atoms with van der Waals surface area (Å²) in [4.78, 5) is 37.6. The first-order chi connectivity index (χ1) is 12.9. The monoisotopic (exact) mass is 367 g/mol. The van der Waals surface area contributed by atoms with Crippen LogP contribution in [0.1, 0.15) is 31.8 Å². The lowest BCUT2D eigenvalue weighted by Gasteiger charge is -2.26. The van der Waals surface area contributed by atoms with Crippen LogP contribution in [0.4, 0.5) is 0 Å². The van der Waals surface area contributed by atoms with E-state index in [-0.39, 0.29) is 42.1 Å². The van der Waals surface area contributed by atoms with Crippen LogP contribution in [-0.2, 0) is 11.3 Å². The molecule has 0 aliphatic carbocycles. The SMILES string of the molecule is Cc1ccc(O)c(C(=O)NCc2ccc(C(=O)N3CCNC(=O)C3)cc2)c1. The number of nitrogens with zero attached hydrogens (tertiary/aromatic N) is 1. The number of hydrogen-bond acceptors (Lipinski definition) is 4. The topological polar surface area (TPSA) is 98.7 Å². The van der Waals surface area contributed by atoms with Crippen molar-refractivity contribution >= 4 is 17.7 Å². The predicted octanol–water partition coefficient (Wildman–Crippen LogP) is 1.20. The molecule has 27 heavy (non-hydrogen) atoms. The van der Waals surface area contributed by atoms with Crippen LogP contribution in [-0.4, -0.2) is 47.4 Å². The van der Waals surface area contributed by atoms with Crippen molar-refractivity contribution in [3.8, 4) is 5.75 Å².